The summed E-state index contributed by atoms with van der Waals surface area (Å²) in [6.45, 7) is 17.1. The van der Waals surface area contributed by atoms with Crippen LogP contribution in [-0.2, 0) is 108 Å². The summed E-state index contributed by atoms with van der Waals surface area (Å²) in [6.07, 6.45) is 18.1. The lowest BCUT2D eigenvalue weighted by atomic mass is 9.83. The largest absolute Gasteiger partial charge is 0.457 e. The minimum absolute atomic E-state index is 0.0112. The third-order valence-corrected chi connectivity index (χ3v) is 27.6. The van der Waals surface area contributed by atoms with Crippen LogP contribution in [0.3, 0.4) is 0 Å². The van der Waals surface area contributed by atoms with Crippen molar-refractivity contribution in [2.24, 2.45) is 0 Å². The topological polar surface area (TPSA) is 492 Å². The van der Waals surface area contributed by atoms with E-state index >= 15 is 0 Å². The molecule has 4 aromatic heterocycles. The maximum atomic E-state index is 14.6. The van der Waals surface area contributed by atoms with Crippen molar-refractivity contribution >= 4 is 108 Å². The van der Waals surface area contributed by atoms with Gasteiger partial charge in [0, 0.05) is 115 Å². The second-order valence-corrected chi connectivity index (χ2v) is 40.9. The standard InChI is InChI=1S/C102H117Cl2F3N20O19S2/c1-7-8-32-124-76(49-72-45-66(2)14-24-87(72)124)20-18-68-12-11-13-69(19-26-89-100(3,4)82-52-79(148(139,140)141)23-25-88(82)125(89)33-9-10-44-147(136,137)138)96(68)146-78-21-15-67(16-22-78)17-27-91(128)110-30-31-111-97(133)73-47-70(85-62-122(120-118-85)34-38-144-42-40-142-36-28-92(129)114-56-74-50-80(83(103)58-112-74)98(134)116-60-94(131)126-65-102(106,107)53-77(126)55-108)46-71(48-73)86-63-123(121-119-86)35-39-145-43-41-143-37-29-93(130)115-57-75-51-81(84(104)59-113-75)99(135)117-61-95(132)127-64-101(5,105)54-90(127)109-6/h14-16,18-26,45-48,50-52,58-59,62-63,77,90H,7-13,17,27-44,49,53-54,56-57,60-61,64-65H2,1-5H3,(H7-,110,111,114,115,116,117,128,129,130,133,134,135,136,137,138,139,140,141)/p+1/t77-,90+,101?/m1/s1. The average molecular weight is 2120 g/mol. The van der Waals surface area contributed by atoms with Crippen molar-refractivity contribution in [2.45, 2.75) is 185 Å². The van der Waals surface area contributed by atoms with Gasteiger partial charge in [0.25, 0.3) is 43.9 Å². The number of alkyl halides is 3. The third kappa shape index (κ3) is 31.3. The fraction of sp³-hybridized carbons (Fsp3) is 0.441. The van der Waals surface area contributed by atoms with Gasteiger partial charge < -0.3 is 65.4 Å². The van der Waals surface area contributed by atoms with Crippen molar-refractivity contribution in [1.29, 1.82) is 5.26 Å². The van der Waals surface area contributed by atoms with E-state index in [1.54, 1.807) is 52.1 Å². The summed E-state index contributed by atoms with van der Waals surface area (Å²) in [5.41, 5.74) is 9.54. The van der Waals surface area contributed by atoms with Gasteiger partial charge in [0.1, 0.15) is 41.2 Å². The number of nitrogens with zero attached hydrogens (tertiary/aromatic N) is 14. The molecule has 0 spiro atoms. The first-order valence-electron chi connectivity index (χ1n) is 48.5. The average Bonchev–Trinajstić information content (AvgIpc) is 1.58. The number of unbranched alkanes of at least 4 members (excludes halogenated alkanes) is 2. The zero-order valence-corrected chi connectivity index (χ0v) is 85.6. The molecule has 1 unspecified atom stereocenters. The molecule has 8 N–H and O–H groups in total. The van der Waals surface area contributed by atoms with Crippen molar-refractivity contribution in [1.82, 2.24) is 81.7 Å². The van der Waals surface area contributed by atoms with Gasteiger partial charge in [0.2, 0.25) is 35.2 Å². The predicted octanol–water partition coefficient (Wildman–Crippen LogP) is 11.0. The zero-order chi connectivity index (χ0) is 106. The minimum atomic E-state index is -4.57. The number of anilines is 1. The number of pyridine rings is 2. The van der Waals surface area contributed by atoms with Crippen LogP contribution in [-0.4, -0.2) is 268 Å². The van der Waals surface area contributed by atoms with Gasteiger partial charge in [-0.15, -0.1) is 10.2 Å². The molecule has 786 valence electrons. The first-order chi connectivity index (χ1) is 70.7. The molecule has 0 bridgehead atoms. The van der Waals surface area contributed by atoms with E-state index in [2.05, 4.69) is 116 Å². The fourth-order valence-corrected chi connectivity index (χ4v) is 19.0. The van der Waals surface area contributed by atoms with Gasteiger partial charge in [-0.1, -0.05) is 90.7 Å². The summed E-state index contributed by atoms with van der Waals surface area (Å²) in [7, 11) is -8.80. The second-order valence-electron chi connectivity index (χ2n) is 37.1. The molecule has 13 rings (SSSR count). The van der Waals surface area contributed by atoms with Crippen molar-refractivity contribution in [3.8, 4) is 34.3 Å². The highest BCUT2D eigenvalue weighted by Gasteiger charge is 2.49. The monoisotopic (exact) mass is 2120 g/mol. The fourth-order valence-electron chi connectivity index (χ4n) is 17.6. The molecule has 39 nitrogen and oxygen atoms in total. The Kier molecular flexibility index (Phi) is 38.8. The van der Waals surface area contributed by atoms with Crippen molar-refractivity contribution in [2.75, 3.05) is 116 Å². The summed E-state index contributed by atoms with van der Waals surface area (Å²) in [5, 5.41) is 42.7. The van der Waals surface area contributed by atoms with Gasteiger partial charge in [-0.25, -0.2) is 29.1 Å². The van der Waals surface area contributed by atoms with Crippen LogP contribution < -0.4 is 41.5 Å². The van der Waals surface area contributed by atoms with Crippen LogP contribution in [0.15, 0.2) is 168 Å². The molecule has 8 aromatic rings. The summed E-state index contributed by atoms with van der Waals surface area (Å²) >= 11 is 12.5. The molecule has 3 atom stereocenters. The van der Waals surface area contributed by atoms with Crippen molar-refractivity contribution < 1.29 is 106 Å². The molecule has 1 aliphatic carbocycles. The van der Waals surface area contributed by atoms with Crippen LogP contribution in [0.1, 0.15) is 169 Å². The molecular formula is C102H118Cl2F3N20O19S2+. The van der Waals surface area contributed by atoms with Gasteiger partial charge in [-0.05, 0) is 154 Å². The van der Waals surface area contributed by atoms with Crippen LogP contribution >= 0.6 is 23.2 Å². The lowest BCUT2D eigenvalue weighted by Crippen LogP contribution is -2.43. The molecule has 0 radical (unpaired) electrons. The van der Waals surface area contributed by atoms with Crippen LogP contribution in [0.25, 0.3) is 27.4 Å². The number of rotatable bonds is 51. The Morgan fingerprint density at radius 1 is 0.649 bits per heavy atom. The SMILES string of the molecule is [C-]#[N+][C@@H]1CC(C)(F)CN1C(=O)CNC(=O)c1cc(CNC(=O)CCOCCOCCn2cc(-c3cc(C(=O)NCCNC(=O)CCc4ccc(OC5=C(/C=C/C6=[N+](CCCC)c7ccc(C)cc7C6)CCC/C5=C\C=C5\N(CCCCS(=O)(=O)O)c6ccc(S(=O)(=O)O)cc6C5(C)C)cc4)cc(-c4cn(CCOCCOCCC(=O)NCc5cc(C(=O)NCC(=O)N6CC(F)(F)C[C@@H]6C#N)c(Cl)cn5)nn4)c3)nn2)ncc1Cl. The van der Waals surface area contributed by atoms with Gasteiger partial charge in [0.15, 0.2) is 5.71 Å². The van der Waals surface area contributed by atoms with E-state index in [-0.39, 0.29) is 180 Å². The molecular weight excluding hydrogens is 2000 g/mol. The van der Waals surface area contributed by atoms with Crippen LogP contribution in [0.4, 0.5) is 24.5 Å². The van der Waals surface area contributed by atoms with E-state index in [4.69, 9.17) is 53.5 Å². The van der Waals surface area contributed by atoms with E-state index in [9.17, 15) is 82.7 Å². The predicted molar refractivity (Wildman–Crippen MR) is 540 cm³/mol. The number of amides is 8. The Morgan fingerprint density at radius 3 is 1.83 bits per heavy atom. The molecule has 46 heteroatoms. The summed E-state index contributed by atoms with van der Waals surface area (Å²) in [4.78, 5) is 120. The molecule has 2 saturated heterocycles. The highest BCUT2D eigenvalue weighted by atomic mass is 35.5. The van der Waals surface area contributed by atoms with E-state index in [1.807, 2.05) is 55.2 Å². The molecule has 148 heavy (non-hydrogen) atoms. The summed E-state index contributed by atoms with van der Waals surface area (Å²) in [6, 6.07) is 26.6. The first-order valence-corrected chi connectivity index (χ1v) is 52.3. The maximum absolute atomic E-state index is 14.6. The maximum Gasteiger partial charge on any atom is 0.303 e. The van der Waals surface area contributed by atoms with Gasteiger partial charge >= 0.3 is 6.17 Å². The molecule has 4 aliphatic heterocycles. The highest BCUT2D eigenvalue weighted by molar-refractivity contribution is 7.86. The summed E-state index contributed by atoms with van der Waals surface area (Å²) < 4.78 is 146. The molecule has 2 fully saturated rings. The zero-order valence-electron chi connectivity index (χ0n) is 82.5. The number of nitriles is 1. The highest BCUT2D eigenvalue weighted by Crippen LogP contribution is 2.49. The number of aromatic nitrogens is 8. The lowest BCUT2D eigenvalue weighted by Gasteiger charge is -2.27. The quantitative estimate of drug-likeness (QED) is 0.00759. The number of ether oxygens (including phenoxy) is 5. The van der Waals surface area contributed by atoms with E-state index in [1.165, 1.54) is 66.1 Å². The van der Waals surface area contributed by atoms with Crippen LogP contribution in [0, 0.1) is 24.8 Å². The molecule has 8 heterocycles. The van der Waals surface area contributed by atoms with Gasteiger partial charge in [-0.2, -0.15) is 26.7 Å². The number of hydrogen-bond acceptors (Lipinski definition) is 25. The number of fused-ring (bicyclic) bond motifs is 2. The minimum Gasteiger partial charge on any atom is -0.457 e. The third-order valence-electron chi connectivity index (χ3n) is 25.3. The van der Waals surface area contributed by atoms with Crippen molar-refractivity contribution in [3.63, 3.8) is 0 Å². The molecule has 8 amide bonds. The number of allylic oxidation sites excluding steroid dienone is 7. The number of aryl methyl sites for hydroxylation is 2. The number of nitrogens with one attached hydrogen (secondary N) is 6. The molecule has 0 saturated carbocycles. The smallest absolute Gasteiger partial charge is 0.303 e. The van der Waals surface area contributed by atoms with E-state index in [0.717, 1.165) is 59.5 Å². The van der Waals surface area contributed by atoms with Gasteiger partial charge in [0.05, 0.1) is 180 Å². The van der Waals surface area contributed by atoms with E-state index < -0.39 is 117 Å². The van der Waals surface area contributed by atoms with Crippen molar-refractivity contribution in [3.05, 3.63) is 234 Å². The van der Waals surface area contributed by atoms with Crippen LogP contribution in [0.5, 0.6) is 5.75 Å². The number of hydrogen-bond donors (Lipinski definition) is 8. The van der Waals surface area contributed by atoms with Crippen LogP contribution in [0.2, 0.25) is 10.0 Å². The number of carbonyl (C=O) groups excluding carboxylic acids is 8. The Labute approximate surface area is 864 Å². The normalized spacial score (nSPS) is 17.4. The molecule has 5 aliphatic rings. The Hall–Kier alpha value is -13.5. The Morgan fingerprint density at radius 2 is 1.24 bits per heavy atom. The Balaban J connectivity index is 0.604. The van der Waals surface area contributed by atoms with Gasteiger partial charge in [-0.3, -0.25) is 67.2 Å². The number of benzene rings is 4. The second kappa shape index (κ2) is 51.4. The summed E-state index contributed by atoms with van der Waals surface area (Å²) in [5.74, 6) is -7.00. The number of halogens is 5. The molecule has 4 aromatic carbocycles. The number of carbonyl (C=O) groups is 8. The Bertz CT molecular complexity index is 6530. The first kappa shape index (κ1) is 112. The van der Waals surface area contributed by atoms with E-state index in [0.29, 0.717) is 88.1 Å². The lowest BCUT2D eigenvalue weighted by molar-refractivity contribution is -0.437. The number of likely N-dealkylation sites (tertiary alicyclic amines) is 2.